The number of hydrogen-bond donors (Lipinski definition) is 3. The lowest BCUT2D eigenvalue weighted by Gasteiger charge is -2.17. The molecule has 0 aromatic heterocycles. The number of nitrogens with two attached hydrogens (primary N) is 1. The zero-order valence-corrected chi connectivity index (χ0v) is 9.52. The summed E-state index contributed by atoms with van der Waals surface area (Å²) in [6.45, 7) is 0.738. The van der Waals surface area contributed by atoms with Gasteiger partial charge in [-0.15, -0.1) is 0 Å². The molecule has 1 aromatic rings. The van der Waals surface area contributed by atoms with Crippen molar-refractivity contribution in [1.29, 1.82) is 0 Å². The molecule has 88 valence electrons. The molecule has 0 saturated heterocycles. The first-order chi connectivity index (χ1) is 7.77. The van der Waals surface area contributed by atoms with Crippen molar-refractivity contribution in [1.82, 2.24) is 5.32 Å². The van der Waals surface area contributed by atoms with Gasteiger partial charge in [0.2, 0.25) is 0 Å². The molecule has 1 aliphatic rings. The predicted octanol–water partition coefficient (Wildman–Crippen LogP) is 1.92. The normalized spacial score (nSPS) is 18.8. The van der Waals surface area contributed by atoms with E-state index in [0.717, 1.165) is 12.1 Å². The number of phenols is 1. The van der Waals surface area contributed by atoms with Gasteiger partial charge >= 0.3 is 0 Å². The molecule has 0 aliphatic heterocycles. The number of benzene rings is 1. The first-order valence-corrected chi connectivity index (χ1v) is 6.04. The molecule has 2 rings (SSSR count). The average molecular weight is 220 g/mol. The quantitative estimate of drug-likeness (QED) is 0.726. The van der Waals surface area contributed by atoms with Gasteiger partial charge in [0.05, 0.1) is 0 Å². The molecule has 0 spiro atoms. The zero-order chi connectivity index (χ0) is 11.4. The summed E-state index contributed by atoms with van der Waals surface area (Å²) in [5.74, 6) is 0.295. The van der Waals surface area contributed by atoms with Crippen LogP contribution in [0.1, 0.15) is 37.3 Å². The van der Waals surface area contributed by atoms with Gasteiger partial charge in [-0.25, -0.2) is 0 Å². The monoisotopic (exact) mass is 220 g/mol. The Bertz CT molecular complexity index is 334. The first kappa shape index (κ1) is 11.4. The Kier molecular flexibility index (Phi) is 3.80. The molecule has 1 aliphatic carbocycles. The summed E-state index contributed by atoms with van der Waals surface area (Å²) in [6, 6.07) is 7.79. The highest BCUT2D eigenvalue weighted by Crippen LogP contribution is 2.22. The minimum absolute atomic E-state index is 0.123. The van der Waals surface area contributed by atoms with E-state index in [-0.39, 0.29) is 6.04 Å². The molecule has 1 fully saturated rings. The van der Waals surface area contributed by atoms with Crippen molar-refractivity contribution in [3.8, 4) is 5.75 Å². The summed E-state index contributed by atoms with van der Waals surface area (Å²) in [7, 11) is 0. The van der Waals surface area contributed by atoms with Crippen LogP contribution in [0, 0.1) is 0 Å². The fourth-order valence-electron chi connectivity index (χ4n) is 2.33. The Balaban J connectivity index is 1.87. The van der Waals surface area contributed by atoms with E-state index in [4.69, 9.17) is 5.73 Å². The van der Waals surface area contributed by atoms with Crippen LogP contribution >= 0.6 is 0 Å². The van der Waals surface area contributed by atoms with E-state index >= 15 is 0 Å². The number of phenolic OH excluding ortho intramolecular Hbond substituents is 1. The van der Waals surface area contributed by atoms with Gasteiger partial charge < -0.3 is 16.2 Å². The van der Waals surface area contributed by atoms with Crippen molar-refractivity contribution in [3.05, 3.63) is 29.8 Å². The molecule has 3 heteroatoms. The molecular formula is C13H20N2O. The summed E-state index contributed by atoms with van der Waals surface area (Å²) in [4.78, 5) is 0. The molecule has 1 atom stereocenters. The Labute approximate surface area is 96.7 Å². The third-order valence-electron chi connectivity index (χ3n) is 3.32. The van der Waals surface area contributed by atoms with E-state index < -0.39 is 0 Å². The predicted molar refractivity (Wildman–Crippen MR) is 65.3 cm³/mol. The lowest BCUT2D eigenvalue weighted by Crippen LogP contribution is -2.33. The van der Waals surface area contributed by atoms with Crippen molar-refractivity contribution in [2.45, 2.75) is 37.8 Å². The highest BCUT2D eigenvalue weighted by atomic mass is 16.3. The standard InChI is InChI=1S/C13H20N2O/c14-12(9-15-10-5-1-2-6-10)11-7-3-4-8-13(11)16/h3-4,7-8,10,12,15-16H,1-2,5-6,9,14H2. The zero-order valence-electron chi connectivity index (χ0n) is 9.52. The highest BCUT2D eigenvalue weighted by molar-refractivity contribution is 5.34. The summed E-state index contributed by atoms with van der Waals surface area (Å²) >= 11 is 0. The number of rotatable bonds is 4. The summed E-state index contributed by atoms with van der Waals surface area (Å²) in [5.41, 5.74) is 6.88. The second kappa shape index (κ2) is 5.32. The van der Waals surface area contributed by atoms with Gasteiger partial charge in [0.15, 0.2) is 0 Å². The Morgan fingerprint density at radius 1 is 1.31 bits per heavy atom. The molecule has 4 N–H and O–H groups in total. The molecule has 1 aromatic carbocycles. The second-order valence-corrected chi connectivity index (χ2v) is 4.55. The van der Waals surface area contributed by atoms with Crippen LogP contribution < -0.4 is 11.1 Å². The Hall–Kier alpha value is -1.06. The molecular weight excluding hydrogens is 200 g/mol. The molecule has 1 saturated carbocycles. The van der Waals surface area contributed by atoms with Crippen LogP contribution in [0.4, 0.5) is 0 Å². The largest absolute Gasteiger partial charge is 0.508 e. The fourth-order valence-corrected chi connectivity index (χ4v) is 2.33. The van der Waals surface area contributed by atoms with Crippen LogP contribution in [0.5, 0.6) is 5.75 Å². The van der Waals surface area contributed by atoms with Crippen LogP contribution in [0.3, 0.4) is 0 Å². The van der Waals surface area contributed by atoms with E-state index in [0.29, 0.717) is 11.8 Å². The second-order valence-electron chi connectivity index (χ2n) is 4.55. The Morgan fingerprint density at radius 3 is 2.69 bits per heavy atom. The Morgan fingerprint density at radius 2 is 2.00 bits per heavy atom. The number of hydrogen-bond acceptors (Lipinski definition) is 3. The highest BCUT2D eigenvalue weighted by Gasteiger charge is 2.16. The summed E-state index contributed by atoms with van der Waals surface area (Å²) in [5, 5.41) is 13.1. The molecule has 0 heterocycles. The molecule has 0 bridgehead atoms. The summed E-state index contributed by atoms with van der Waals surface area (Å²) in [6.07, 6.45) is 5.16. The lowest BCUT2D eigenvalue weighted by molar-refractivity contribution is 0.448. The van der Waals surface area contributed by atoms with E-state index in [1.54, 1.807) is 6.07 Å². The smallest absolute Gasteiger partial charge is 0.120 e. The number of aromatic hydroxyl groups is 1. The van der Waals surface area contributed by atoms with E-state index in [1.807, 2.05) is 18.2 Å². The van der Waals surface area contributed by atoms with E-state index in [9.17, 15) is 5.11 Å². The minimum Gasteiger partial charge on any atom is -0.508 e. The van der Waals surface area contributed by atoms with Crippen LogP contribution in [-0.4, -0.2) is 17.7 Å². The molecule has 0 amide bonds. The SMILES string of the molecule is NC(CNC1CCCC1)c1ccccc1O. The van der Waals surface area contributed by atoms with Crippen molar-refractivity contribution in [2.24, 2.45) is 5.73 Å². The van der Waals surface area contributed by atoms with Crippen molar-refractivity contribution < 1.29 is 5.11 Å². The molecule has 16 heavy (non-hydrogen) atoms. The minimum atomic E-state index is -0.123. The van der Waals surface area contributed by atoms with Crippen LogP contribution in [-0.2, 0) is 0 Å². The molecule has 3 nitrogen and oxygen atoms in total. The van der Waals surface area contributed by atoms with Crippen LogP contribution in [0.15, 0.2) is 24.3 Å². The van der Waals surface area contributed by atoms with Crippen molar-refractivity contribution in [2.75, 3.05) is 6.54 Å². The van der Waals surface area contributed by atoms with Gasteiger partial charge in [-0.05, 0) is 18.9 Å². The van der Waals surface area contributed by atoms with Gasteiger partial charge in [-0.3, -0.25) is 0 Å². The van der Waals surface area contributed by atoms with Crippen LogP contribution in [0.25, 0.3) is 0 Å². The third-order valence-corrected chi connectivity index (χ3v) is 3.32. The average Bonchev–Trinajstić information content (AvgIpc) is 2.79. The lowest BCUT2D eigenvalue weighted by atomic mass is 10.1. The number of para-hydroxylation sites is 1. The van der Waals surface area contributed by atoms with Gasteiger partial charge in [-0.2, -0.15) is 0 Å². The van der Waals surface area contributed by atoms with Gasteiger partial charge in [-0.1, -0.05) is 31.0 Å². The van der Waals surface area contributed by atoms with Gasteiger partial charge in [0.25, 0.3) is 0 Å². The first-order valence-electron chi connectivity index (χ1n) is 6.04. The maximum Gasteiger partial charge on any atom is 0.120 e. The van der Waals surface area contributed by atoms with Crippen molar-refractivity contribution in [3.63, 3.8) is 0 Å². The summed E-state index contributed by atoms with van der Waals surface area (Å²) < 4.78 is 0. The topological polar surface area (TPSA) is 58.3 Å². The molecule has 1 unspecified atom stereocenters. The maximum absolute atomic E-state index is 9.67. The van der Waals surface area contributed by atoms with Gasteiger partial charge in [0, 0.05) is 24.2 Å². The number of nitrogens with one attached hydrogen (secondary N) is 1. The van der Waals surface area contributed by atoms with Gasteiger partial charge in [0.1, 0.15) is 5.75 Å². The third kappa shape index (κ3) is 2.74. The molecule has 0 radical (unpaired) electrons. The van der Waals surface area contributed by atoms with E-state index in [1.165, 1.54) is 25.7 Å². The van der Waals surface area contributed by atoms with Crippen molar-refractivity contribution >= 4 is 0 Å². The fraction of sp³-hybridized carbons (Fsp3) is 0.538. The maximum atomic E-state index is 9.67. The van der Waals surface area contributed by atoms with Crippen LogP contribution in [0.2, 0.25) is 0 Å². The van der Waals surface area contributed by atoms with E-state index in [2.05, 4.69) is 5.32 Å².